The Morgan fingerprint density at radius 2 is 1.68 bits per heavy atom. The van der Waals surface area contributed by atoms with Gasteiger partial charge < -0.3 is 5.32 Å². The number of para-hydroxylation sites is 1. The number of amides is 1. The van der Waals surface area contributed by atoms with Crippen molar-refractivity contribution in [1.82, 2.24) is 14.8 Å². The Labute approximate surface area is 184 Å². The summed E-state index contributed by atoms with van der Waals surface area (Å²) in [5.41, 5.74) is 3.65. The number of aromatic nitrogens is 3. The second kappa shape index (κ2) is 9.57. The zero-order valence-corrected chi connectivity index (χ0v) is 17.8. The van der Waals surface area contributed by atoms with Crippen LogP contribution in [0, 0.1) is 12.7 Å². The molecule has 0 spiro atoms. The highest BCUT2D eigenvalue weighted by Crippen LogP contribution is 2.26. The standard InChI is InChI=1S/C24H21FN4OS/c1-17-7-5-6-10-21(17)26-22(30)16-31-24-28-27-23(19-11-13-20(25)14-12-19)29(24)15-18-8-3-2-4-9-18/h2-14H,15-16H2,1H3,(H,26,30). The smallest absolute Gasteiger partial charge is 0.234 e. The highest BCUT2D eigenvalue weighted by atomic mass is 32.2. The van der Waals surface area contributed by atoms with Crippen molar-refractivity contribution in [3.05, 3.63) is 95.8 Å². The van der Waals surface area contributed by atoms with Crippen molar-refractivity contribution in [2.45, 2.75) is 18.6 Å². The number of nitrogens with one attached hydrogen (secondary N) is 1. The van der Waals surface area contributed by atoms with Gasteiger partial charge in [-0.3, -0.25) is 9.36 Å². The number of aryl methyl sites for hydroxylation is 1. The van der Waals surface area contributed by atoms with Crippen LogP contribution in [0.15, 0.2) is 84.0 Å². The summed E-state index contributed by atoms with van der Waals surface area (Å²) in [4.78, 5) is 12.5. The van der Waals surface area contributed by atoms with Gasteiger partial charge in [0.1, 0.15) is 5.82 Å². The van der Waals surface area contributed by atoms with Crippen molar-refractivity contribution in [2.24, 2.45) is 0 Å². The molecule has 0 saturated heterocycles. The summed E-state index contributed by atoms with van der Waals surface area (Å²) in [6, 6.07) is 23.8. The van der Waals surface area contributed by atoms with Gasteiger partial charge in [0.25, 0.3) is 0 Å². The number of hydrogen-bond donors (Lipinski definition) is 1. The van der Waals surface area contributed by atoms with E-state index in [0.717, 1.165) is 22.4 Å². The highest BCUT2D eigenvalue weighted by Gasteiger charge is 2.16. The summed E-state index contributed by atoms with van der Waals surface area (Å²) in [5, 5.41) is 12.2. The van der Waals surface area contributed by atoms with Gasteiger partial charge in [0.15, 0.2) is 11.0 Å². The molecular formula is C24H21FN4OS. The third-order valence-electron chi connectivity index (χ3n) is 4.75. The van der Waals surface area contributed by atoms with Crippen LogP contribution in [0.1, 0.15) is 11.1 Å². The lowest BCUT2D eigenvalue weighted by molar-refractivity contribution is -0.113. The molecule has 0 atom stereocenters. The zero-order chi connectivity index (χ0) is 21.6. The molecule has 1 amide bonds. The third-order valence-corrected chi connectivity index (χ3v) is 5.72. The average molecular weight is 433 g/mol. The summed E-state index contributed by atoms with van der Waals surface area (Å²) in [7, 11) is 0. The van der Waals surface area contributed by atoms with Crippen molar-refractivity contribution in [3.8, 4) is 11.4 Å². The van der Waals surface area contributed by atoms with Gasteiger partial charge in [0, 0.05) is 11.3 Å². The van der Waals surface area contributed by atoms with Crippen LogP contribution in [0.4, 0.5) is 10.1 Å². The van der Waals surface area contributed by atoms with Crippen LogP contribution in [-0.2, 0) is 11.3 Å². The van der Waals surface area contributed by atoms with Crippen molar-refractivity contribution < 1.29 is 9.18 Å². The van der Waals surface area contributed by atoms with Crippen molar-refractivity contribution in [3.63, 3.8) is 0 Å². The molecule has 1 N–H and O–H groups in total. The number of anilines is 1. The molecule has 0 aliphatic rings. The van der Waals surface area contributed by atoms with Crippen LogP contribution < -0.4 is 5.32 Å². The first-order valence-electron chi connectivity index (χ1n) is 9.81. The fourth-order valence-corrected chi connectivity index (χ4v) is 3.88. The van der Waals surface area contributed by atoms with Gasteiger partial charge in [-0.1, -0.05) is 60.3 Å². The van der Waals surface area contributed by atoms with E-state index in [1.54, 1.807) is 12.1 Å². The summed E-state index contributed by atoms with van der Waals surface area (Å²) in [6.45, 7) is 2.50. The van der Waals surface area contributed by atoms with E-state index >= 15 is 0 Å². The molecule has 1 heterocycles. The maximum atomic E-state index is 13.4. The minimum absolute atomic E-state index is 0.114. The van der Waals surface area contributed by atoms with E-state index in [0.29, 0.717) is 17.5 Å². The predicted octanol–water partition coefficient (Wildman–Crippen LogP) is 5.17. The molecule has 0 aliphatic carbocycles. The Morgan fingerprint density at radius 3 is 2.42 bits per heavy atom. The quantitative estimate of drug-likeness (QED) is 0.409. The molecule has 7 heteroatoms. The van der Waals surface area contributed by atoms with E-state index in [1.807, 2.05) is 66.1 Å². The molecule has 31 heavy (non-hydrogen) atoms. The number of nitrogens with zero attached hydrogens (tertiary/aromatic N) is 3. The lowest BCUT2D eigenvalue weighted by Gasteiger charge is -2.11. The Balaban J connectivity index is 1.55. The molecule has 156 valence electrons. The SMILES string of the molecule is Cc1ccccc1NC(=O)CSc1nnc(-c2ccc(F)cc2)n1Cc1ccccc1. The molecule has 1 aromatic heterocycles. The van der Waals surface area contributed by atoms with Gasteiger partial charge in [-0.2, -0.15) is 0 Å². The number of thioether (sulfide) groups is 1. The van der Waals surface area contributed by atoms with Crippen LogP contribution in [0.3, 0.4) is 0 Å². The minimum Gasteiger partial charge on any atom is -0.325 e. The Morgan fingerprint density at radius 1 is 0.968 bits per heavy atom. The Hall–Kier alpha value is -3.45. The highest BCUT2D eigenvalue weighted by molar-refractivity contribution is 7.99. The monoisotopic (exact) mass is 432 g/mol. The molecule has 4 rings (SSSR count). The second-order valence-corrected chi connectivity index (χ2v) is 7.98. The zero-order valence-electron chi connectivity index (χ0n) is 17.0. The van der Waals surface area contributed by atoms with Crippen molar-refractivity contribution in [2.75, 3.05) is 11.1 Å². The number of hydrogen-bond acceptors (Lipinski definition) is 4. The van der Waals surface area contributed by atoms with Gasteiger partial charge in [0.2, 0.25) is 5.91 Å². The Bertz CT molecular complexity index is 1180. The normalized spacial score (nSPS) is 10.8. The van der Waals surface area contributed by atoms with Gasteiger partial charge in [-0.05, 0) is 48.4 Å². The average Bonchev–Trinajstić information content (AvgIpc) is 3.17. The fourth-order valence-electron chi connectivity index (χ4n) is 3.15. The molecule has 0 bridgehead atoms. The van der Waals surface area contributed by atoms with Gasteiger partial charge in [-0.25, -0.2) is 4.39 Å². The number of halogens is 1. The largest absolute Gasteiger partial charge is 0.325 e. The van der Waals surface area contributed by atoms with Crippen molar-refractivity contribution >= 4 is 23.4 Å². The number of carbonyl (C=O) groups is 1. The minimum atomic E-state index is -0.305. The molecule has 0 radical (unpaired) electrons. The molecule has 0 unspecified atom stereocenters. The topological polar surface area (TPSA) is 59.8 Å². The third kappa shape index (κ3) is 5.19. The molecular weight excluding hydrogens is 411 g/mol. The molecule has 0 aliphatic heterocycles. The van der Waals surface area contributed by atoms with Crippen molar-refractivity contribution in [1.29, 1.82) is 0 Å². The maximum absolute atomic E-state index is 13.4. The van der Waals surface area contributed by atoms with E-state index in [9.17, 15) is 9.18 Å². The van der Waals surface area contributed by atoms with E-state index in [1.165, 1.54) is 23.9 Å². The summed E-state index contributed by atoms with van der Waals surface area (Å²) >= 11 is 1.32. The summed E-state index contributed by atoms with van der Waals surface area (Å²) in [6.07, 6.45) is 0. The number of rotatable bonds is 7. The second-order valence-electron chi connectivity index (χ2n) is 7.04. The fraction of sp³-hybridized carbons (Fsp3) is 0.125. The molecule has 0 fully saturated rings. The first-order valence-corrected chi connectivity index (χ1v) is 10.8. The van der Waals surface area contributed by atoms with Crippen LogP contribution in [0.5, 0.6) is 0 Å². The van der Waals surface area contributed by atoms with Crippen LogP contribution in [0.2, 0.25) is 0 Å². The molecule has 3 aromatic carbocycles. The molecule has 5 nitrogen and oxygen atoms in total. The van der Waals surface area contributed by atoms with Crippen LogP contribution in [-0.4, -0.2) is 26.4 Å². The summed E-state index contributed by atoms with van der Waals surface area (Å²) in [5.74, 6) is 0.410. The lowest BCUT2D eigenvalue weighted by atomic mass is 10.2. The van der Waals surface area contributed by atoms with Gasteiger partial charge in [-0.15, -0.1) is 10.2 Å². The molecule has 0 saturated carbocycles. The van der Waals surface area contributed by atoms with Gasteiger partial charge in [0.05, 0.1) is 12.3 Å². The lowest BCUT2D eigenvalue weighted by Crippen LogP contribution is -2.15. The van der Waals surface area contributed by atoms with Gasteiger partial charge >= 0.3 is 0 Å². The first kappa shape index (κ1) is 20.8. The first-order chi connectivity index (χ1) is 15.1. The van der Waals surface area contributed by atoms with E-state index in [4.69, 9.17) is 0 Å². The van der Waals surface area contributed by atoms with E-state index < -0.39 is 0 Å². The summed E-state index contributed by atoms with van der Waals surface area (Å²) < 4.78 is 15.3. The molecule has 4 aromatic rings. The van der Waals surface area contributed by atoms with Crippen LogP contribution in [0.25, 0.3) is 11.4 Å². The number of carbonyl (C=O) groups excluding carboxylic acids is 1. The Kier molecular flexibility index (Phi) is 6.43. The van der Waals surface area contributed by atoms with E-state index in [2.05, 4.69) is 15.5 Å². The van der Waals surface area contributed by atoms with Crippen LogP contribution >= 0.6 is 11.8 Å². The maximum Gasteiger partial charge on any atom is 0.234 e. The number of benzene rings is 3. The van der Waals surface area contributed by atoms with E-state index in [-0.39, 0.29) is 17.5 Å². The predicted molar refractivity (Wildman–Crippen MR) is 121 cm³/mol.